The Bertz CT molecular complexity index is 872. The van der Waals surface area contributed by atoms with E-state index < -0.39 is 0 Å². The van der Waals surface area contributed by atoms with E-state index in [9.17, 15) is 4.79 Å². The van der Waals surface area contributed by atoms with Gasteiger partial charge >= 0.3 is 0 Å². The zero-order valence-electron chi connectivity index (χ0n) is 20.1. The van der Waals surface area contributed by atoms with Gasteiger partial charge in [-0.25, -0.2) is 0 Å². The summed E-state index contributed by atoms with van der Waals surface area (Å²) in [5.41, 5.74) is 4.14. The Labute approximate surface area is 214 Å². The summed E-state index contributed by atoms with van der Waals surface area (Å²) >= 11 is 0. The maximum absolute atomic E-state index is 11.7. The minimum absolute atomic E-state index is 0. The molecule has 3 N–H and O–H groups in total. The maximum atomic E-state index is 11.7. The lowest BCUT2D eigenvalue weighted by molar-refractivity contribution is -0.116. The lowest BCUT2D eigenvalue weighted by Gasteiger charge is -2.16. The van der Waals surface area contributed by atoms with Crippen LogP contribution in [0.25, 0.3) is 0 Å². The van der Waals surface area contributed by atoms with Gasteiger partial charge in [0, 0.05) is 57.9 Å². The third kappa shape index (κ3) is 10.9. The molecule has 0 spiro atoms. The first-order valence-corrected chi connectivity index (χ1v) is 11.1. The minimum Gasteiger partial charge on any atom is -0.493 e. The molecule has 1 amide bonds. The highest BCUT2D eigenvalue weighted by molar-refractivity contribution is 14.0. The van der Waals surface area contributed by atoms with Gasteiger partial charge in [-0.15, -0.1) is 24.0 Å². The Hall–Kier alpha value is -2.33. The molecule has 0 heterocycles. The van der Waals surface area contributed by atoms with Crippen molar-refractivity contribution in [3.8, 4) is 5.75 Å². The van der Waals surface area contributed by atoms with Crippen LogP contribution in [0.2, 0.25) is 0 Å². The summed E-state index contributed by atoms with van der Waals surface area (Å²) in [5, 5.41) is 9.57. The Kier molecular flexibility index (Phi) is 14.2. The van der Waals surface area contributed by atoms with Crippen molar-refractivity contribution < 1.29 is 14.3 Å². The maximum Gasteiger partial charge on any atom is 0.224 e. The van der Waals surface area contributed by atoms with Crippen LogP contribution in [0, 0.1) is 6.92 Å². The SMILES string of the molecule is CCCC(=O)Nc1ccc(CNC(=NC)NCc2ccc(C)cc2OCCCOC)cc1.I. The summed E-state index contributed by atoms with van der Waals surface area (Å²) in [6, 6.07) is 14.0. The molecule has 182 valence electrons. The van der Waals surface area contributed by atoms with Gasteiger partial charge in [0.1, 0.15) is 5.75 Å². The number of nitrogens with one attached hydrogen (secondary N) is 3. The second-order valence-electron chi connectivity index (χ2n) is 7.58. The number of guanidine groups is 1. The first-order chi connectivity index (χ1) is 15.5. The average molecular weight is 569 g/mol. The van der Waals surface area contributed by atoms with E-state index in [0.29, 0.717) is 38.7 Å². The highest BCUT2D eigenvalue weighted by Gasteiger charge is 2.07. The number of carbonyl (C=O) groups is 1. The quantitative estimate of drug-likeness (QED) is 0.151. The number of ether oxygens (including phenoxy) is 2. The molecule has 0 fully saturated rings. The number of methoxy groups -OCH3 is 1. The highest BCUT2D eigenvalue weighted by atomic mass is 127. The molecule has 33 heavy (non-hydrogen) atoms. The fraction of sp³-hybridized carbons (Fsp3) is 0.440. The van der Waals surface area contributed by atoms with Gasteiger partial charge in [0.25, 0.3) is 0 Å². The van der Waals surface area contributed by atoms with Gasteiger partial charge in [0.2, 0.25) is 5.91 Å². The molecule has 7 nitrogen and oxygen atoms in total. The number of hydrogen-bond donors (Lipinski definition) is 3. The van der Waals surface area contributed by atoms with Crippen molar-refractivity contribution >= 4 is 41.5 Å². The van der Waals surface area contributed by atoms with Crippen molar-refractivity contribution in [1.29, 1.82) is 0 Å². The van der Waals surface area contributed by atoms with Gasteiger partial charge in [-0.05, 0) is 42.7 Å². The van der Waals surface area contributed by atoms with E-state index in [1.165, 1.54) is 0 Å². The molecule has 0 radical (unpaired) electrons. The molecule has 0 saturated heterocycles. The summed E-state index contributed by atoms with van der Waals surface area (Å²) in [7, 11) is 3.44. The lowest BCUT2D eigenvalue weighted by Crippen LogP contribution is -2.36. The van der Waals surface area contributed by atoms with Crippen LogP contribution in [0.1, 0.15) is 42.9 Å². The van der Waals surface area contributed by atoms with E-state index in [0.717, 1.165) is 41.0 Å². The summed E-state index contributed by atoms with van der Waals surface area (Å²) in [5.74, 6) is 1.63. The second kappa shape index (κ2) is 16.3. The third-order valence-corrected chi connectivity index (χ3v) is 4.82. The highest BCUT2D eigenvalue weighted by Crippen LogP contribution is 2.20. The average Bonchev–Trinajstić information content (AvgIpc) is 2.79. The second-order valence-corrected chi connectivity index (χ2v) is 7.58. The number of halogens is 1. The van der Waals surface area contributed by atoms with Gasteiger partial charge in [0.15, 0.2) is 5.96 Å². The Morgan fingerprint density at radius 1 is 1.03 bits per heavy atom. The van der Waals surface area contributed by atoms with Gasteiger partial charge < -0.3 is 25.4 Å². The van der Waals surface area contributed by atoms with Crippen molar-refractivity contribution in [1.82, 2.24) is 10.6 Å². The van der Waals surface area contributed by atoms with Crippen molar-refractivity contribution in [2.45, 2.75) is 46.2 Å². The standard InChI is InChI=1S/C25H36N4O3.HI/c1-5-7-24(30)29-22-12-9-20(10-13-22)17-27-25(26-3)28-18-21-11-8-19(2)16-23(21)32-15-6-14-31-4;/h8-13,16H,5-7,14-15,17-18H2,1-4H3,(H,29,30)(H2,26,27,28);1H. The molecular weight excluding hydrogens is 531 g/mol. The molecule has 2 aromatic rings. The fourth-order valence-corrected chi connectivity index (χ4v) is 3.07. The van der Waals surface area contributed by atoms with Gasteiger partial charge in [-0.1, -0.05) is 31.2 Å². The van der Waals surface area contributed by atoms with Gasteiger partial charge in [0.05, 0.1) is 6.61 Å². The topological polar surface area (TPSA) is 84.0 Å². The van der Waals surface area contributed by atoms with E-state index in [4.69, 9.17) is 9.47 Å². The van der Waals surface area contributed by atoms with E-state index in [1.54, 1.807) is 14.2 Å². The molecular formula is C25H37IN4O3. The van der Waals surface area contributed by atoms with Crippen LogP contribution in [-0.2, 0) is 22.6 Å². The number of benzene rings is 2. The molecule has 0 unspecified atom stereocenters. The van der Waals surface area contributed by atoms with Crippen molar-refractivity contribution in [3.05, 3.63) is 59.2 Å². The predicted octanol–water partition coefficient (Wildman–Crippen LogP) is 4.63. The van der Waals surface area contributed by atoms with E-state index >= 15 is 0 Å². The number of rotatable bonds is 12. The molecule has 0 atom stereocenters. The van der Waals surface area contributed by atoms with Crippen LogP contribution in [0.5, 0.6) is 5.75 Å². The molecule has 0 saturated carbocycles. The van der Waals surface area contributed by atoms with Crippen LogP contribution in [-0.4, -0.2) is 39.2 Å². The summed E-state index contributed by atoms with van der Waals surface area (Å²) < 4.78 is 11.0. The minimum atomic E-state index is 0. The molecule has 0 aliphatic rings. The lowest BCUT2D eigenvalue weighted by atomic mass is 10.1. The molecule has 8 heteroatoms. The van der Waals surface area contributed by atoms with Crippen LogP contribution >= 0.6 is 24.0 Å². The number of amides is 1. The fourth-order valence-electron chi connectivity index (χ4n) is 3.07. The number of aryl methyl sites for hydroxylation is 1. The third-order valence-electron chi connectivity index (χ3n) is 4.82. The number of aliphatic imine (C=N–C) groups is 1. The van der Waals surface area contributed by atoms with Crippen molar-refractivity contribution in [3.63, 3.8) is 0 Å². The Morgan fingerprint density at radius 3 is 2.42 bits per heavy atom. The zero-order valence-corrected chi connectivity index (χ0v) is 22.4. The molecule has 0 aliphatic heterocycles. The van der Waals surface area contributed by atoms with Gasteiger partial charge in [-0.3, -0.25) is 9.79 Å². The number of carbonyl (C=O) groups excluding carboxylic acids is 1. The molecule has 0 aliphatic carbocycles. The van der Waals surface area contributed by atoms with Crippen molar-refractivity contribution in [2.24, 2.45) is 4.99 Å². The monoisotopic (exact) mass is 568 g/mol. The van der Waals surface area contributed by atoms with E-state index in [1.807, 2.05) is 31.2 Å². The zero-order chi connectivity index (χ0) is 23.2. The molecule has 0 bridgehead atoms. The predicted molar refractivity (Wildman–Crippen MR) is 146 cm³/mol. The smallest absolute Gasteiger partial charge is 0.224 e. The van der Waals surface area contributed by atoms with Crippen LogP contribution in [0.15, 0.2) is 47.5 Å². The first kappa shape index (κ1) is 28.7. The summed E-state index contributed by atoms with van der Waals surface area (Å²) in [6.45, 7) is 6.57. The molecule has 2 aromatic carbocycles. The number of hydrogen-bond acceptors (Lipinski definition) is 4. The first-order valence-electron chi connectivity index (χ1n) is 11.1. The number of anilines is 1. The number of nitrogens with zero attached hydrogens (tertiary/aromatic N) is 1. The van der Waals surface area contributed by atoms with Crippen LogP contribution in [0.4, 0.5) is 5.69 Å². The van der Waals surface area contributed by atoms with Gasteiger partial charge in [-0.2, -0.15) is 0 Å². The van der Waals surface area contributed by atoms with E-state index in [2.05, 4.69) is 46.1 Å². The largest absolute Gasteiger partial charge is 0.493 e. The Balaban J connectivity index is 0.00000544. The summed E-state index contributed by atoms with van der Waals surface area (Å²) in [6.07, 6.45) is 2.22. The molecule has 2 rings (SSSR count). The van der Waals surface area contributed by atoms with Crippen LogP contribution in [0.3, 0.4) is 0 Å². The van der Waals surface area contributed by atoms with Crippen molar-refractivity contribution in [2.75, 3.05) is 32.7 Å². The molecule has 0 aromatic heterocycles. The Morgan fingerprint density at radius 2 is 1.76 bits per heavy atom. The normalized spacial score (nSPS) is 10.8. The summed E-state index contributed by atoms with van der Waals surface area (Å²) in [4.78, 5) is 16.0. The van der Waals surface area contributed by atoms with E-state index in [-0.39, 0.29) is 29.9 Å². The van der Waals surface area contributed by atoms with Crippen LogP contribution < -0.4 is 20.7 Å².